The minimum atomic E-state index is -0.912. The van der Waals surface area contributed by atoms with Gasteiger partial charge < -0.3 is 5.11 Å². The van der Waals surface area contributed by atoms with E-state index in [1.54, 1.807) is 10.7 Å². The Balaban J connectivity index is 1.91. The third-order valence-electron chi connectivity index (χ3n) is 4.82. The number of hydrogen-bond donors (Lipinski definition) is 1. The molecule has 4 rings (SSSR count). The summed E-state index contributed by atoms with van der Waals surface area (Å²) in [4.78, 5) is 19.7. The van der Waals surface area contributed by atoms with E-state index in [1.165, 1.54) is 17.6 Å². The molecule has 7 heteroatoms. The number of piperidine rings is 1. The zero-order valence-electron chi connectivity index (χ0n) is 12.8. The first-order valence-electron chi connectivity index (χ1n) is 7.95. The zero-order chi connectivity index (χ0) is 15.9. The van der Waals surface area contributed by atoms with Crippen LogP contribution in [0.3, 0.4) is 0 Å². The Morgan fingerprint density at radius 1 is 1.22 bits per heavy atom. The molecule has 1 unspecified atom stereocenters. The second-order valence-corrected chi connectivity index (χ2v) is 6.03. The molecule has 7 nitrogen and oxygen atoms in total. The van der Waals surface area contributed by atoms with Gasteiger partial charge in [0.2, 0.25) is 0 Å². The summed E-state index contributed by atoms with van der Waals surface area (Å²) in [7, 11) is 0. The first-order valence-corrected chi connectivity index (χ1v) is 7.95. The molecule has 1 amide bonds. The Bertz CT molecular complexity index is 765. The van der Waals surface area contributed by atoms with Crippen LogP contribution in [0.5, 0.6) is 0 Å². The molecule has 1 saturated heterocycles. The van der Waals surface area contributed by atoms with Crippen molar-refractivity contribution in [1.29, 1.82) is 0 Å². The Morgan fingerprint density at radius 3 is 2.83 bits per heavy atom. The van der Waals surface area contributed by atoms with Crippen molar-refractivity contribution in [3.63, 3.8) is 0 Å². The monoisotopic (exact) mass is 313 g/mol. The van der Waals surface area contributed by atoms with Gasteiger partial charge in [-0.05, 0) is 31.1 Å². The van der Waals surface area contributed by atoms with E-state index in [-0.39, 0.29) is 0 Å². The van der Waals surface area contributed by atoms with Gasteiger partial charge in [0, 0.05) is 19.6 Å². The van der Waals surface area contributed by atoms with Gasteiger partial charge in [-0.25, -0.2) is 14.3 Å². The van der Waals surface area contributed by atoms with Crippen LogP contribution in [0.1, 0.15) is 25.0 Å². The van der Waals surface area contributed by atoms with Crippen LogP contribution in [0, 0.1) is 0 Å². The average molecular weight is 313 g/mol. The molecule has 2 aliphatic heterocycles. The van der Waals surface area contributed by atoms with Crippen molar-refractivity contribution in [2.45, 2.75) is 24.9 Å². The zero-order valence-corrected chi connectivity index (χ0v) is 12.8. The summed E-state index contributed by atoms with van der Waals surface area (Å²) in [5, 5.41) is 14.1. The van der Waals surface area contributed by atoms with Crippen molar-refractivity contribution in [2.75, 3.05) is 19.6 Å². The highest BCUT2D eigenvalue weighted by atomic mass is 16.4. The number of likely N-dealkylation sites (tertiary alicyclic amines) is 1. The van der Waals surface area contributed by atoms with Crippen molar-refractivity contribution in [2.24, 2.45) is 0 Å². The number of carboxylic acid groups (broad SMARTS) is 1. The first kappa shape index (κ1) is 14.2. The Morgan fingerprint density at radius 2 is 2.04 bits per heavy atom. The van der Waals surface area contributed by atoms with Gasteiger partial charge >= 0.3 is 6.09 Å². The maximum absolute atomic E-state index is 11.9. The molecule has 2 aromatic rings. The molecule has 0 aromatic carbocycles. The molecule has 2 aliphatic rings. The van der Waals surface area contributed by atoms with Crippen LogP contribution in [-0.4, -0.2) is 55.2 Å². The van der Waals surface area contributed by atoms with Crippen molar-refractivity contribution in [3.8, 4) is 0 Å². The number of nitrogens with zero attached hydrogens (tertiary/aromatic N) is 5. The lowest BCUT2D eigenvalue weighted by Gasteiger charge is -2.46. The molecular formula is C16H19N5O2. The molecule has 120 valence electrons. The third kappa shape index (κ3) is 2.03. The largest absolute Gasteiger partial charge is 0.465 e. The standard InChI is InChI=1S/C16H19N5O2/c22-15(23)20-10-4-7-16(20,19-8-2-1-3-9-19)14-6-5-13-11-17-12-18-21(13)14/h4-7,11-12H,1-3,8-10H2,(H,22,23). The van der Waals surface area contributed by atoms with Crippen molar-refractivity contribution in [1.82, 2.24) is 24.4 Å². The van der Waals surface area contributed by atoms with E-state index < -0.39 is 11.8 Å². The van der Waals surface area contributed by atoms with E-state index >= 15 is 0 Å². The fourth-order valence-electron chi connectivity index (χ4n) is 3.81. The smallest absolute Gasteiger partial charge is 0.409 e. The highest BCUT2D eigenvalue weighted by Gasteiger charge is 2.49. The maximum Gasteiger partial charge on any atom is 0.409 e. The van der Waals surface area contributed by atoms with Crippen molar-refractivity contribution < 1.29 is 9.90 Å². The van der Waals surface area contributed by atoms with Gasteiger partial charge in [0.25, 0.3) is 0 Å². The summed E-state index contributed by atoms with van der Waals surface area (Å²) in [6.45, 7) is 2.16. The van der Waals surface area contributed by atoms with Crippen LogP contribution >= 0.6 is 0 Å². The van der Waals surface area contributed by atoms with E-state index in [9.17, 15) is 9.90 Å². The molecule has 0 spiro atoms. The lowest BCUT2D eigenvalue weighted by Crippen LogP contribution is -2.58. The molecule has 1 N–H and O–H groups in total. The van der Waals surface area contributed by atoms with Gasteiger partial charge in [0.05, 0.1) is 17.4 Å². The SMILES string of the molecule is O=C(O)N1CC=CC1(c1ccc2cncnn12)N1CCCCC1. The Labute approximate surface area is 133 Å². The molecule has 23 heavy (non-hydrogen) atoms. The molecule has 1 fully saturated rings. The summed E-state index contributed by atoms with van der Waals surface area (Å²) in [5.41, 5.74) is 0.935. The Kier molecular flexibility index (Phi) is 3.30. The highest BCUT2D eigenvalue weighted by Crippen LogP contribution is 2.39. The van der Waals surface area contributed by atoms with Gasteiger partial charge in [-0.15, -0.1) is 0 Å². The van der Waals surface area contributed by atoms with Crippen LogP contribution < -0.4 is 0 Å². The number of rotatable bonds is 2. The fraction of sp³-hybridized carbons (Fsp3) is 0.438. The van der Waals surface area contributed by atoms with Crippen LogP contribution in [0.2, 0.25) is 0 Å². The summed E-state index contributed by atoms with van der Waals surface area (Å²) in [6.07, 6.45) is 9.63. The molecule has 0 saturated carbocycles. The molecule has 0 bridgehead atoms. The average Bonchev–Trinajstić information content (AvgIpc) is 3.20. The predicted molar refractivity (Wildman–Crippen MR) is 84.0 cm³/mol. The van der Waals surface area contributed by atoms with Crippen LogP contribution in [0.15, 0.2) is 36.8 Å². The van der Waals surface area contributed by atoms with E-state index in [0.29, 0.717) is 6.54 Å². The van der Waals surface area contributed by atoms with E-state index in [4.69, 9.17) is 0 Å². The highest BCUT2D eigenvalue weighted by molar-refractivity contribution is 5.68. The number of fused-ring (bicyclic) bond motifs is 1. The summed E-state index contributed by atoms with van der Waals surface area (Å²) in [6, 6.07) is 3.90. The second kappa shape index (κ2) is 5.34. The molecule has 0 radical (unpaired) electrons. The first-order chi connectivity index (χ1) is 11.2. The van der Waals surface area contributed by atoms with Crippen molar-refractivity contribution in [3.05, 3.63) is 42.5 Å². The summed E-state index contributed by atoms with van der Waals surface area (Å²) >= 11 is 0. The lowest BCUT2D eigenvalue weighted by molar-refractivity contribution is -0.0148. The van der Waals surface area contributed by atoms with Gasteiger partial charge in [-0.3, -0.25) is 9.80 Å². The topological polar surface area (TPSA) is 74.0 Å². The van der Waals surface area contributed by atoms with E-state index in [2.05, 4.69) is 15.0 Å². The molecule has 2 aromatic heterocycles. The van der Waals surface area contributed by atoms with E-state index in [0.717, 1.165) is 37.1 Å². The number of hydrogen-bond acceptors (Lipinski definition) is 4. The molecule has 0 aliphatic carbocycles. The number of carbonyl (C=O) groups is 1. The summed E-state index contributed by atoms with van der Waals surface area (Å²) in [5.74, 6) is 0. The molecule has 4 heterocycles. The van der Waals surface area contributed by atoms with Gasteiger partial charge in [0.15, 0.2) is 5.66 Å². The minimum absolute atomic E-state index is 0.393. The number of aromatic nitrogens is 3. The Hall–Kier alpha value is -2.41. The second-order valence-electron chi connectivity index (χ2n) is 6.03. The van der Waals surface area contributed by atoms with Gasteiger partial charge in [0.1, 0.15) is 6.33 Å². The maximum atomic E-state index is 11.9. The third-order valence-corrected chi connectivity index (χ3v) is 4.82. The van der Waals surface area contributed by atoms with Crippen LogP contribution in [0.4, 0.5) is 4.79 Å². The molecular weight excluding hydrogens is 294 g/mol. The quantitative estimate of drug-likeness (QED) is 0.857. The minimum Gasteiger partial charge on any atom is -0.465 e. The fourth-order valence-corrected chi connectivity index (χ4v) is 3.81. The van der Waals surface area contributed by atoms with Crippen LogP contribution in [0.25, 0.3) is 5.52 Å². The lowest BCUT2D eigenvalue weighted by atomic mass is 9.99. The normalized spacial score (nSPS) is 25.3. The van der Waals surface area contributed by atoms with Gasteiger partial charge in [-0.1, -0.05) is 12.5 Å². The van der Waals surface area contributed by atoms with Gasteiger partial charge in [-0.2, -0.15) is 5.10 Å². The van der Waals surface area contributed by atoms with E-state index in [1.807, 2.05) is 24.3 Å². The number of amides is 1. The molecule has 1 atom stereocenters. The summed E-state index contributed by atoms with van der Waals surface area (Å²) < 4.78 is 1.80. The van der Waals surface area contributed by atoms with Crippen molar-refractivity contribution >= 4 is 11.6 Å². The van der Waals surface area contributed by atoms with Crippen LogP contribution in [-0.2, 0) is 5.66 Å². The predicted octanol–water partition coefficient (Wildman–Crippen LogP) is 1.92.